The van der Waals surface area contributed by atoms with Crippen molar-refractivity contribution in [2.45, 2.75) is 26.9 Å². The standard InChI is InChI=1S/C17H18ClN3O4/c1-9-7-12(18)8-10(2)14(9)25-11(3)15(22)20-21-17(24)13-5-4-6-19-16(13)23/h4-8,11H,1-3H3,(H,19,23)(H,20,22)(H,21,24)/t11-/m0/s1. The summed E-state index contributed by atoms with van der Waals surface area (Å²) in [6.07, 6.45) is 0.539. The second kappa shape index (κ2) is 7.85. The van der Waals surface area contributed by atoms with Crippen molar-refractivity contribution < 1.29 is 14.3 Å². The molecule has 0 unspecified atom stereocenters. The summed E-state index contributed by atoms with van der Waals surface area (Å²) >= 11 is 5.97. The number of aromatic amines is 1. The number of ether oxygens (including phenoxy) is 1. The minimum Gasteiger partial charge on any atom is -0.480 e. The van der Waals surface area contributed by atoms with Crippen LogP contribution in [0, 0.1) is 13.8 Å². The van der Waals surface area contributed by atoms with Gasteiger partial charge < -0.3 is 9.72 Å². The van der Waals surface area contributed by atoms with Gasteiger partial charge in [0.25, 0.3) is 17.4 Å². The van der Waals surface area contributed by atoms with E-state index in [1.807, 2.05) is 13.8 Å². The third kappa shape index (κ3) is 4.60. The van der Waals surface area contributed by atoms with Gasteiger partial charge in [0, 0.05) is 11.2 Å². The fourth-order valence-electron chi connectivity index (χ4n) is 2.20. The zero-order valence-electron chi connectivity index (χ0n) is 14.0. The van der Waals surface area contributed by atoms with Crippen molar-refractivity contribution in [3.63, 3.8) is 0 Å². The molecule has 0 aliphatic heterocycles. The number of rotatable bonds is 4. The molecule has 0 spiro atoms. The largest absolute Gasteiger partial charge is 0.480 e. The number of nitrogens with one attached hydrogen (secondary N) is 3. The fourth-order valence-corrected chi connectivity index (χ4v) is 2.53. The number of aryl methyl sites for hydroxylation is 2. The third-order valence-electron chi connectivity index (χ3n) is 3.45. The average Bonchev–Trinajstić information content (AvgIpc) is 2.55. The minimum absolute atomic E-state index is 0.110. The van der Waals surface area contributed by atoms with Gasteiger partial charge in [-0.15, -0.1) is 0 Å². The summed E-state index contributed by atoms with van der Waals surface area (Å²) < 4.78 is 5.66. The van der Waals surface area contributed by atoms with Gasteiger partial charge in [-0.2, -0.15) is 0 Å². The molecule has 0 saturated heterocycles. The Balaban J connectivity index is 1.98. The van der Waals surface area contributed by atoms with E-state index >= 15 is 0 Å². The smallest absolute Gasteiger partial charge is 0.279 e. The molecule has 0 bridgehead atoms. The highest BCUT2D eigenvalue weighted by atomic mass is 35.5. The zero-order chi connectivity index (χ0) is 18.6. The molecule has 2 rings (SSSR count). The molecular weight excluding hydrogens is 346 g/mol. The molecule has 3 N–H and O–H groups in total. The Hall–Kier alpha value is -2.80. The van der Waals surface area contributed by atoms with Gasteiger partial charge in [0.2, 0.25) is 0 Å². The van der Waals surface area contributed by atoms with Crippen LogP contribution in [0.15, 0.2) is 35.3 Å². The van der Waals surface area contributed by atoms with Gasteiger partial charge >= 0.3 is 0 Å². The number of amides is 2. The summed E-state index contributed by atoms with van der Waals surface area (Å²) in [5.41, 5.74) is 5.35. The summed E-state index contributed by atoms with van der Waals surface area (Å²) in [7, 11) is 0. The normalized spacial score (nSPS) is 11.5. The van der Waals surface area contributed by atoms with E-state index in [-0.39, 0.29) is 5.56 Å². The van der Waals surface area contributed by atoms with Gasteiger partial charge in [-0.05, 0) is 56.2 Å². The number of hydrogen-bond donors (Lipinski definition) is 3. The van der Waals surface area contributed by atoms with Crippen LogP contribution < -0.4 is 21.1 Å². The Kier molecular flexibility index (Phi) is 5.82. The van der Waals surface area contributed by atoms with Gasteiger partial charge in [0.05, 0.1) is 0 Å². The average molecular weight is 364 g/mol. The lowest BCUT2D eigenvalue weighted by Crippen LogP contribution is -2.48. The van der Waals surface area contributed by atoms with Crippen LogP contribution in [0.5, 0.6) is 5.75 Å². The Morgan fingerprint density at radius 1 is 1.20 bits per heavy atom. The minimum atomic E-state index is -0.868. The number of benzene rings is 1. The van der Waals surface area contributed by atoms with Crippen molar-refractivity contribution in [1.29, 1.82) is 0 Å². The van der Waals surface area contributed by atoms with Crippen LogP contribution in [-0.4, -0.2) is 22.9 Å². The fraction of sp³-hybridized carbons (Fsp3) is 0.235. The summed E-state index contributed by atoms with van der Waals surface area (Å²) in [4.78, 5) is 37.9. The number of aromatic nitrogens is 1. The van der Waals surface area contributed by atoms with Crippen molar-refractivity contribution in [3.05, 3.63) is 62.5 Å². The highest BCUT2D eigenvalue weighted by molar-refractivity contribution is 6.30. The molecule has 1 atom stereocenters. The number of carbonyl (C=O) groups is 2. The van der Waals surface area contributed by atoms with Gasteiger partial charge in [-0.1, -0.05) is 11.6 Å². The highest BCUT2D eigenvalue weighted by Crippen LogP contribution is 2.27. The maximum atomic E-state index is 12.1. The first kappa shape index (κ1) is 18.5. The Bertz CT molecular complexity index is 840. The first-order chi connectivity index (χ1) is 11.8. The SMILES string of the molecule is Cc1cc(Cl)cc(C)c1O[C@@H](C)C(=O)NNC(=O)c1ccc[nH]c1=O. The van der Waals surface area contributed by atoms with Crippen molar-refractivity contribution in [3.8, 4) is 5.75 Å². The van der Waals surface area contributed by atoms with E-state index in [0.717, 1.165) is 11.1 Å². The molecule has 25 heavy (non-hydrogen) atoms. The molecule has 7 nitrogen and oxygen atoms in total. The van der Waals surface area contributed by atoms with Crippen molar-refractivity contribution >= 4 is 23.4 Å². The van der Waals surface area contributed by atoms with Crippen molar-refractivity contribution in [2.75, 3.05) is 0 Å². The predicted octanol–water partition coefficient (Wildman–Crippen LogP) is 1.87. The summed E-state index contributed by atoms with van der Waals surface area (Å²) in [6.45, 7) is 5.19. The molecule has 2 aromatic rings. The Labute approximate surface area is 149 Å². The van der Waals surface area contributed by atoms with E-state index in [1.165, 1.54) is 18.3 Å². The van der Waals surface area contributed by atoms with Crippen LogP contribution in [0.2, 0.25) is 5.02 Å². The molecule has 1 heterocycles. The molecule has 0 radical (unpaired) electrons. The van der Waals surface area contributed by atoms with Crippen LogP contribution in [0.3, 0.4) is 0 Å². The summed E-state index contributed by atoms with van der Waals surface area (Å²) in [6, 6.07) is 6.33. The molecule has 0 saturated carbocycles. The van der Waals surface area contributed by atoms with E-state index < -0.39 is 23.5 Å². The molecule has 1 aromatic heterocycles. The molecule has 0 aliphatic carbocycles. The lowest BCUT2D eigenvalue weighted by molar-refractivity contribution is -0.128. The van der Waals surface area contributed by atoms with Crippen LogP contribution in [-0.2, 0) is 4.79 Å². The monoisotopic (exact) mass is 363 g/mol. The van der Waals surface area contributed by atoms with Crippen LogP contribution in [0.4, 0.5) is 0 Å². The molecule has 132 valence electrons. The van der Waals surface area contributed by atoms with Crippen molar-refractivity contribution in [2.24, 2.45) is 0 Å². The maximum Gasteiger partial charge on any atom is 0.279 e. The highest BCUT2D eigenvalue weighted by Gasteiger charge is 2.18. The summed E-state index contributed by atoms with van der Waals surface area (Å²) in [5, 5.41) is 0.583. The number of hydrazine groups is 1. The second-order valence-electron chi connectivity index (χ2n) is 5.49. The van der Waals surface area contributed by atoms with E-state index in [2.05, 4.69) is 15.8 Å². The van der Waals surface area contributed by atoms with Crippen LogP contribution in [0.1, 0.15) is 28.4 Å². The quantitative estimate of drug-likeness (QED) is 0.722. The zero-order valence-corrected chi connectivity index (χ0v) is 14.7. The third-order valence-corrected chi connectivity index (χ3v) is 3.67. The van der Waals surface area contributed by atoms with Gasteiger partial charge in [0.1, 0.15) is 11.3 Å². The van der Waals surface area contributed by atoms with Crippen LogP contribution in [0.25, 0.3) is 0 Å². The molecule has 1 aromatic carbocycles. The molecular formula is C17H18ClN3O4. The first-order valence-electron chi connectivity index (χ1n) is 7.51. The Morgan fingerprint density at radius 3 is 2.44 bits per heavy atom. The lowest BCUT2D eigenvalue weighted by Gasteiger charge is -2.18. The lowest BCUT2D eigenvalue weighted by atomic mass is 10.1. The Morgan fingerprint density at radius 2 is 1.84 bits per heavy atom. The molecule has 0 fully saturated rings. The van der Waals surface area contributed by atoms with Gasteiger partial charge in [-0.25, -0.2) is 0 Å². The first-order valence-corrected chi connectivity index (χ1v) is 7.88. The van der Waals surface area contributed by atoms with E-state index in [9.17, 15) is 14.4 Å². The molecule has 0 aliphatic rings. The summed E-state index contributed by atoms with van der Waals surface area (Å²) in [5.74, 6) is -0.728. The van der Waals surface area contributed by atoms with Crippen LogP contribution >= 0.6 is 11.6 Å². The molecule has 8 heteroatoms. The predicted molar refractivity (Wildman–Crippen MR) is 93.7 cm³/mol. The number of halogens is 1. The van der Waals surface area contributed by atoms with E-state index in [0.29, 0.717) is 10.8 Å². The topological polar surface area (TPSA) is 100 Å². The second-order valence-corrected chi connectivity index (χ2v) is 5.92. The maximum absolute atomic E-state index is 12.1. The number of pyridine rings is 1. The number of H-pyrrole nitrogens is 1. The number of hydrogen-bond acceptors (Lipinski definition) is 4. The molecule has 2 amide bonds. The number of carbonyl (C=O) groups excluding carboxylic acids is 2. The van der Waals surface area contributed by atoms with Gasteiger partial charge in [-0.3, -0.25) is 25.2 Å². The van der Waals surface area contributed by atoms with Gasteiger partial charge in [0.15, 0.2) is 6.10 Å². The van der Waals surface area contributed by atoms with Crippen molar-refractivity contribution in [1.82, 2.24) is 15.8 Å². The van der Waals surface area contributed by atoms with E-state index in [1.54, 1.807) is 19.1 Å². The van der Waals surface area contributed by atoms with E-state index in [4.69, 9.17) is 16.3 Å².